The van der Waals surface area contributed by atoms with Crippen LogP contribution in [0.5, 0.6) is 28.7 Å². The first-order chi connectivity index (χ1) is 33.3. The first-order valence-corrected chi connectivity index (χ1v) is 22.7. The van der Waals surface area contributed by atoms with Gasteiger partial charge in [0.25, 0.3) is 0 Å². The van der Waals surface area contributed by atoms with Gasteiger partial charge in [-0.1, -0.05) is 97.1 Å². The maximum atomic E-state index is 10.9. The molecule has 4 aromatic heterocycles. The molecule has 0 aliphatic heterocycles. The number of phenolic OH excluding ortho intramolecular Hbond substituents is 5. The van der Waals surface area contributed by atoms with Gasteiger partial charge in [-0.05, 0) is 90.5 Å². The first-order valence-electron chi connectivity index (χ1n) is 21.9. The van der Waals surface area contributed by atoms with Gasteiger partial charge in [0, 0.05) is 69.8 Å². The quantitative estimate of drug-likeness (QED) is 0.0818. The minimum atomic E-state index is -1.01. The Hall–Kier alpha value is -9.19. The molecule has 5 N–H and O–H groups in total. The fraction of sp³-hybridized carbons (Fsp3) is 0. The molecule has 10 nitrogen and oxygen atoms in total. The number of fused-ring (bicyclic) bond motifs is 9. The van der Waals surface area contributed by atoms with E-state index in [1.165, 1.54) is 0 Å². The number of aromatic hydroxyl groups is 5. The van der Waals surface area contributed by atoms with Crippen LogP contribution < -0.4 is 0 Å². The van der Waals surface area contributed by atoms with Crippen molar-refractivity contribution in [2.75, 3.05) is 0 Å². The van der Waals surface area contributed by atoms with E-state index in [1.54, 1.807) is 23.5 Å². The third kappa shape index (κ3) is 5.93. The van der Waals surface area contributed by atoms with Gasteiger partial charge in [0.2, 0.25) is 17.2 Å². The molecule has 11 heteroatoms. The molecule has 0 bridgehead atoms. The van der Waals surface area contributed by atoms with E-state index in [1.807, 2.05) is 66.7 Å². The van der Waals surface area contributed by atoms with Crippen LogP contribution >= 0.6 is 11.3 Å². The van der Waals surface area contributed by atoms with Gasteiger partial charge in [0.05, 0.1) is 27.6 Å². The number of rotatable bonds is 6. The molecule has 0 unspecified atom stereocenters. The zero-order valence-electron chi connectivity index (χ0n) is 35.7. The number of thiophene rings is 1. The van der Waals surface area contributed by atoms with Gasteiger partial charge < -0.3 is 34.7 Å². The minimum absolute atomic E-state index is 0.212. The molecule has 0 aliphatic rings. The van der Waals surface area contributed by atoms with Crippen molar-refractivity contribution in [1.29, 1.82) is 0 Å². The van der Waals surface area contributed by atoms with Gasteiger partial charge in [-0.15, -0.1) is 11.3 Å². The van der Waals surface area contributed by atoms with E-state index >= 15 is 0 Å². The Bertz CT molecular complexity index is 4190. The largest absolute Gasteiger partial charge is 0.504 e. The topological polar surface area (TPSA) is 150 Å². The molecule has 13 aromatic rings. The van der Waals surface area contributed by atoms with Crippen LogP contribution in [-0.2, 0) is 0 Å². The van der Waals surface area contributed by atoms with E-state index in [2.05, 4.69) is 112 Å². The van der Waals surface area contributed by atoms with Crippen molar-refractivity contribution in [2.45, 2.75) is 0 Å². The summed E-state index contributed by atoms with van der Waals surface area (Å²) in [6, 6.07) is 61.4. The van der Waals surface area contributed by atoms with Crippen LogP contribution in [0, 0.1) is 0 Å². The summed E-state index contributed by atoms with van der Waals surface area (Å²) in [5.74, 6) is -2.69. The minimum Gasteiger partial charge on any atom is -0.504 e. The Morgan fingerprint density at radius 1 is 0.309 bits per heavy atom. The summed E-state index contributed by atoms with van der Waals surface area (Å²) in [4.78, 5) is 15.4. The number of hydrogen-bond donors (Lipinski definition) is 5. The van der Waals surface area contributed by atoms with E-state index in [4.69, 9.17) is 15.0 Å². The molecule has 68 heavy (non-hydrogen) atoms. The summed E-state index contributed by atoms with van der Waals surface area (Å²) in [6.45, 7) is 0. The molecular formula is C57H35N5O5S. The van der Waals surface area contributed by atoms with Gasteiger partial charge in [-0.3, -0.25) is 0 Å². The smallest absolute Gasteiger partial charge is 0.208 e. The monoisotopic (exact) mass is 901 g/mol. The average molecular weight is 902 g/mol. The van der Waals surface area contributed by atoms with Crippen LogP contribution in [0.2, 0.25) is 0 Å². The summed E-state index contributed by atoms with van der Waals surface area (Å²) in [7, 11) is 0. The first kappa shape index (κ1) is 39.2. The maximum absolute atomic E-state index is 10.9. The molecule has 0 spiro atoms. The summed E-state index contributed by atoms with van der Waals surface area (Å²) in [5.41, 5.74) is 8.54. The van der Waals surface area contributed by atoms with E-state index in [0.717, 1.165) is 91.8 Å². The molecule has 9 aromatic carbocycles. The highest BCUT2D eigenvalue weighted by molar-refractivity contribution is 7.25. The Balaban J connectivity index is 0.973. The second-order valence-corrected chi connectivity index (χ2v) is 17.9. The lowest BCUT2D eigenvalue weighted by molar-refractivity contribution is 0.330. The Morgan fingerprint density at radius 2 is 0.779 bits per heavy atom. The molecule has 0 saturated carbocycles. The highest BCUT2D eigenvalue weighted by Crippen LogP contribution is 2.55. The Labute approximate surface area is 390 Å². The van der Waals surface area contributed by atoms with Crippen LogP contribution in [0.3, 0.4) is 0 Å². The fourth-order valence-electron chi connectivity index (χ4n) is 9.72. The molecular weight excluding hydrogens is 867 g/mol. The van der Waals surface area contributed by atoms with Crippen molar-refractivity contribution >= 4 is 75.1 Å². The number of para-hydroxylation sites is 3. The normalized spacial score (nSPS) is 11.8. The second kappa shape index (κ2) is 14.9. The molecule has 0 amide bonds. The summed E-state index contributed by atoms with van der Waals surface area (Å²) in [5, 5.41) is 58.9. The summed E-state index contributed by atoms with van der Waals surface area (Å²) < 4.78 is 6.60. The Morgan fingerprint density at radius 3 is 1.46 bits per heavy atom. The predicted octanol–water partition coefficient (Wildman–Crippen LogP) is 13.6. The van der Waals surface area contributed by atoms with E-state index in [-0.39, 0.29) is 5.56 Å². The lowest BCUT2D eigenvalue weighted by atomic mass is 10.00. The standard InChI is InChI=1S/C57H35N5O5S/c63-50-49(51(64)53(66)54(67)52(50)65)32-19-23-39-37-15-7-9-17-43(37)62(46(39)29-32)36-22-26-48-42(30-36)41-28-34(21-25-47(41)68-48)57-59-55(31-11-3-1-4-12-31)58-56(60-57)33-20-24-45-40(27-33)38-16-8-10-18-44(38)61(45)35-13-5-2-6-14-35/h1-30,63-67H. The van der Waals surface area contributed by atoms with Gasteiger partial charge in [-0.25, -0.2) is 15.0 Å². The van der Waals surface area contributed by atoms with Gasteiger partial charge in [0.15, 0.2) is 29.0 Å². The molecule has 13 rings (SSSR count). The molecule has 0 saturated heterocycles. The molecule has 324 valence electrons. The third-order valence-electron chi connectivity index (χ3n) is 12.9. The lowest BCUT2D eigenvalue weighted by Crippen LogP contribution is -2.00. The number of hydrogen-bond acceptors (Lipinski definition) is 9. The summed E-state index contributed by atoms with van der Waals surface area (Å²) in [6.07, 6.45) is 0. The van der Waals surface area contributed by atoms with Gasteiger partial charge in [-0.2, -0.15) is 0 Å². The van der Waals surface area contributed by atoms with Crippen LogP contribution in [0.25, 0.3) is 120 Å². The molecule has 4 heterocycles. The van der Waals surface area contributed by atoms with Crippen LogP contribution in [-0.4, -0.2) is 49.6 Å². The zero-order valence-corrected chi connectivity index (χ0v) is 36.5. The Kier molecular flexibility index (Phi) is 8.60. The van der Waals surface area contributed by atoms with Crippen molar-refractivity contribution in [3.05, 3.63) is 182 Å². The van der Waals surface area contributed by atoms with Gasteiger partial charge >= 0.3 is 0 Å². The van der Waals surface area contributed by atoms with Crippen LogP contribution in [0.4, 0.5) is 0 Å². The lowest BCUT2D eigenvalue weighted by Gasteiger charge is -2.13. The number of nitrogens with zero attached hydrogens (tertiary/aromatic N) is 5. The maximum Gasteiger partial charge on any atom is 0.208 e. The van der Waals surface area contributed by atoms with Crippen LogP contribution in [0.1, 0.15) is 0 Å². The van der Waals surface area contributed by atoms with E-state index in [9.17, 15) is 25.5 Å². The van der Waals surface area contributed by atoms with Crippen molar-refractivity contribution < 1.29 is 25.5 Å². The van der Waals surface area contributed by atoms with Crippen molar-refractivity contribution in [1.82, 2.24) is 24.1 Å². The molecule has 0 radical (unpaired) electrons. The van der Waals surface area contributed by atoms with E-state index in [0.29, 0.717) is 23.0 Å². The van der Waals surface area contributed by atoms with Crippen molar-refractivity contribution in [3.8, 4) is 85.4 Å². The average Bonchev–Trinajstić information content (AvgIpc) is 4.04. The van der Waals surface area contributed by atoms with Gasteiger partial charge in [0.1, 0.15) is 0 Å². The second-order valence-electron chi connectivity index (χ2n) is 16.8. The predicted molar refractivity (Wildman–Crippen MR) is 271 cm³/mol. The molecule has 0 atom stereocenters. The third-order valence-corrected chi connectivity index (χ3v) is 14.1. The fourth-order valence-corrected chi connectivity index (χ4v) is 10.8. The molecule has 0 fully saturated rings. The zero-order chi connectivity index (χ0) is 45.8. The van der Waals surface area contributed by atoms with Crippen LogP contribution in [0.15, 0.2) is 182 Å². The molecule has 0 aliphatic carbocycles. The SMILES string of the molecule is Oc1c(O)c(O)c(-c2ccc3c4ccccc4n(-c4ccc5sc6ccc(-c7nc(-c8ccccc8)nc(-c8ccc9c(c8)c8ccccc8n9-c8ccccc8)n7)cc6c5c4)c3c2)c(O)c1O. The summed E-state index contributed by atoms with van der Waals surface area (Å²) >= 11 is 1.70. The van der Waals surface area contributed by atoms with E-state index < -0.39 is 28.7 Å². The number of benzene rings is 9. The van der Waals surface area contributed by atoms with Crippen molar-refractivity contribution in [2.24, 2.45) is 0 Å². The number of phenols is 5. The highest BCUT2D eigenvalue weighted by Gasteiger charge is 2.26. The highest BCUT2D eigenvalue weighted by atomic mass is 32.1. The number of aromatic nitrogens is 5. The van der Waals surface area contributed by atoms with Crippen molar-refractivity contribution in [3.63, 3.8) is 0 Å².